The van der Waals surface area contributed by atoms with Crippen molar-refractivity contribution >= 4 is 58.4 Å². The van der Waals surface area contributed by atoms with E-state index in [1.54, 1.807) is 12.1 Å². The fourth-order valence-corrected chi connectivity index (χ4v) is 4.90. The average Bonchev–Trinajstić information content (AvgIpc) is 3.25. The summed E-state index contributed by atoms with van der Waals surface area (Å²) in [4.78, 5) is 36.5. The van der Waals surface area contributed by atoms with Gasteiger partial charge in [0, 0.05) is 17.3 Å². The normalized spacial score (nSPS) is 11.8. The summed E-state index contributed by atoms with van der Waals surface area (Å²) in [6, 6.07) is 10.2. The standard InChI is InChI=1S/C25H27Cl2N5O4S/c1-4-32-22(20(11-14(2)3)29-23(34)18-10-7-16(26)12-19(18)27)30-31-25(32)37-13-21(33)28-17-8-5-15(6-9-17)24(35)36/h5-10,12,14,20H,4,11,13H2,1-3H3,(H,28,33)(H,29,34)(H,35,36)/t20-/m1/s1. The van der Waals surface area contributed by atoms with Crippen LogP contribution < -0.4 is 10.6 Å². The van der Waals surface area contributed by atoms with Crippen molar-refractivity contribution < 1.29 is 19.5 Å². The Balaban J connectivity index is 1.72. The molecule has 3 rings (SSSR count). The van der Waals surface area contributed by atoms with E-state index in [-0.39, 0.29) is 34.1 Å². The maximum absolute atomic E-state index is 13.0. The highest BCUT2D eigenvalue weighted by Gasteiger charge is 2.25. The predicted octanol–water partition coefficient (Wildman–Crippen LogP) is 5.55. The van der Waals surface area contributed by atoms with E-state index >= 15 is 0 Å². The highest BCUT2D eigenvalue weighted by atomic mass is 35.5. The summed E-state index contributed by atoms with van der Waals surface area (Å²) in [5.74, 6) is -0.749. The molecule has 2 aromatic carbocycles. The molecule has 0 aliphatic rings. The second-order valence-corrected chi connectivity index (χ2v) is 10.4. The molecule has 1 aromatic heterocycles. The van der Waals surface area contributed by atoms with Crippen molar-refractivity contribution in [3.63, 3.8) is 0 Å². The largest absolute Gasteiger partial charge is 0.478 e. The van der Waals surface area contributed by atoms with E-state index in [0.29, 0.717) is 40.2 Å². The summed E-state index contributed by atoms with van der Waals surface area (Å²) in [7, 11) is 0. The fourth-order valence-electron chi connectivity index (χ4n) is 3.60. The highest BCUT2D eigenvalue weighted by molar-refractivity contribution is 7.99. The molecule has 196 valence electrons. The third-order valence-corrected chi connectivity index (χ3v) is 6.82. The lowest BCUT2D eigenvalue weighted by Gasteiger charge is -2.21. The molecule has 1 atom stereocenters. The molecule has 0 spiro atoms. The van der Waals surface area contributed by atoms with E-state index in [2.05, 4.69) is 20.8 Å². The van der Waals surface area contributed by atoms with Crippen molar-refractivity contribution in [2.45, 2.75) is 44.9 Å². The SMILES string of the molecule is CCn1c(SCC(=O)Nc2ccc(C(=O)O)cc2)nnc1[C@@H](CC(C)C)NC(=O)c1ccc(Cl)cc1Cl. The van der Waals surface area contributed by atoms with Crippen molar-refractivity contribution in [1.82, 2.24) is 20.1 Å². The average molecular weight is 564 g/mol. The van der Waals surface area contributed by atoms with Gasteiger partial charge in [-0.25, -0.2) is 4.79 Å². The Hall–Kier alpha value is -3.08. The van der Waals surface area contributed by atoms with Gasteiger partial charge in [0.05, 0.1) is 27.9 Å². The van der Waals surface area contributed by atoms with Crippen molar-refractivity contribution in [3.8, 4) is 0 Å². The van der Waals surface area contributed by atoms with Crippen LogP contribution in [0.4, 0.5) is 5.69 Å². The third-order valence-electron chi connectivity index (χ3n) is 5.31. The zero-order valence-electron chi connectivity index (χ0n) is 20.5. The first-order valence-electron chi connectivity index (χ1n) is 11.5. The summed E-state index contributed by atoms with van der Waals surface area (Å²) in [6.07, 6.45) is 0.618. The van der Waals surface area contributed by atoms with Gasteiger partial charge in [0.1, 0.15) is 0 Å². The van der Waals surface area contributed by atoms with E-state index in [1.165, 1.54) is 42.1 Å². The van der Waals surface area contributed by atoms with Gasteiger partial charge >= 0.3 is 5.97 Å². The number of anilines is 1. The van der Waals surface area contributed by atoms with Gasteiger partial charge < -0.3 is 20.3 Å². The van der Waals surface area contributed by atoms with Crippen LogP contribution in [0.15, 0.2) is 47.6 Å². The van der Waals surface area contributed by atoms with Crippen LogP contribution in [-0.4, -0.2) is 43.4 Å². The number of nitrogens with one attached hydrogen (secondary N) is 2. The molecule has 0 bridgehead atoms. The van der Waals surface area contributed by atoms with E-state index < -0.39 is 12.0 Å². The molecule has 0 unspecified atom stereocenters. The van der Waals surface area contributed by atoms with Gasteiger partial charge in [0.25, 0.3) is 5.91 Å². The van der Waals surface area contributed by atoms with Gasteiger partial charge in [-0.15, -0.1) is 10.2 Å². The van der Waals surface area contributed by atoms with Crippen LogP contribution in [0.3, 0.4) is 0 Å². The van der Waals surface area contributed by atoms with Crippen LogP contribution in [0.1, 0.15) is 59.8 Å². The number of carboxylic acid groups (broad SMARTS) is 1. The van der Waals surface area contributed by atoms with Crippen molar-refractivity contribution in [1.29, 1.82) is 0 Å². The molecule has 2 amide bonds. The van der Waals surface area contributed by atoms with E-state index in [4.69, 9.17) is 28.3 Å². The van der Waals surface area contributed by atoms with Gasteiger partial charge in [-0.2, -0.15) is 0 Å². The van der Waals surface area contributed by atoms with E-state index in [0.717, 1.165) is 0 Å². The van der Waals surface area contributed by atoms with E-state index in [1.807, 2.05) is 25.3 Å². The second kappa shape index (κ2) is 12.9. The predicted molar refractivity (Wildman–Crippen MR) is 145 cm³/mol. The Morgan fingerprint density at radius 3 is 2.38 bits per heavy atom. The first-order chi connectivity index (χ1) is 17.6. The first kappa shape index (κ1) is 28.5. The molecule has 37 heavy (non-hydrogen) atoms. The smallest absolute Gasteiger partial charge is 0.335 e. The summed E-state index contributed by atoms with van der Waals surface area (Å²) in [5.41, 5.74) is 0.941. The third kappa shape index (κ3) is 7.70. The van der Waals surface area contributed by atoms with Crippen molar-refractivity contribution in [2.75, 3.05) is 11.1 Å². The molecule has 9 nitrogen and oxygen atoms in total. The molecule has 3 aromatic rings. The zero-order valence-corrected chi connectivity index (χ0v) is 22.8. The number of thioether (sulfide) groups is 1. The van der Waals surface area contributed by atoms with Crippen LogP contribution in [0.2, 0.25) is 10.0 Å². The Kier molecular flexibility index (Phi) is 9.96. The lowest BCUT2D eigenvalue weighted by molar-refractivity contribution is -0.113. The van der Waals surface area contributed by atoms with Crippen molar-refractivity contribution in [2.24, 2.45) is 5.92 Å². The number of aromatic nitrogens is 3. The molecule has 0 saturated heterocycles. The quantitative estimate of drug-likeness (QED) is 0.261. The number of carbonyl (C=O) groups excluding carboxylic acids is 2. The lowest BCUT2D eigenvalue weighted by atomic mass is 10.0. The Morgan fingerprint density at radius 2 is 1.78 bits per heavy atom. The number of amides is 2. The summed E-state index contributed by atoms with van der Waals surface area (Å²) in [5, 5.41) is 24.6. The number of aromatic carboxylic acids is 1. The maximum Gasteiger partial charge on any atom is 0.335 e. The fraction of sp³-hybridized carbons (Fsp3) is 0.320. The number of rotatable bonds is 11. The Morgan fingerprint density at radius 1 is 1.08 bits per heavy atom. The second-order valence-electron chi connectivity index (χ2n) is 8.58. The minimum absolute atomic E-state index is 0.0698. The Bertz CT molecular complexity index is 1280. The van der Waals surface area contributed by atoms with Gasteiger partial charge in [0.2, 0.25) is 5.91 Å². The van der Waals surface area contributed by atoms with Crippen LogP contribution in [0.5, 0.6) is 0 Å². The molecule has 0 aliphatic carbocycles. The van der Waals surface area contributed by atoms with E-state index in [9.17, 15) is 14.4 Å². The molecule has 0 saturated carbocycles. The number of benzene rings is 2. The number of carbonyl (C=O) groups is 3. The summed E-state index contributed by atoms with van der Waals surface area (Å²) >= 11 is 13.4. The van der Waals surface area contributed by atoms with Gasteiger partial charge in [-0.3, -0.25) is 9.59 Å². The molecule has 1 heterocycles. The molecule has 12 heteroatoms. The van der Waals surface area contributed by atoms with Gasteiger partial charge in [0.15, 0.2) is 11.0 Å². The summed E-state index contributed by atoms with van der Waals surface area (Å²) in [6.45, 7) is 6.56. The topological polar surface area (TPSA) is 126 Å². The highest BCUT2D eigenvalue weighted by Crippen LogP contribution is 2.27. The number of carboxylic acids is 1. The summed E-state index contributed by atoms with van der Waals surface area (Å²) < 4.78 is 1.87. The van der Waals surface area contributed by atoms with Crippen LogP contribution >= 0.6 is 35.0 Å². The molecular formula is C25H27Cl2N5O4S. The monoisotopic (exact) mass is 563 g/mol. The minimum Gasteiger partial charge on any atom is -0.478 e. The number of hydrogen-bond acceptors (Lipinski definition) is 6. The number of nitrogens with zero attached hydrogens (tertiary/aromatic N) is 3. The number of hydrogen-bond donors (Lipinski definition) is 3. The van der Waals surface area contributed by atoms with Gasteiger partial charge in [-0.1, -0.05) is 48.8 Å². The lowest BCUT2D eigenvalue weighted by Crippen LogP contribution is -2.31. The maximum atomic E-state index is 13.0. The number of halogens is 2. The zero-order chi connectivity index (χ0) is 27.1. The van der Waals surface area contributed by atoms with Crippen LogP contribution in [0, 0.1) is 5.92 Å². The minimum atomic E-state index is -1.04. The molecule has 0 fully saturated rings. The van der Waals surface area contributed by atoms with Crippen LogP contribution in [-0.2, 0) is 11.3 Å². The first-order valence-corrected chi connectivity index (χ1v) is 13.3. The molecule has 0 aliphatic heterocycles. The van der Waals surface area contributed by atoms with Gasteiger partial charge in [-0.05, 0) is 61.7 Å². The Labute approximate surface area is 228 Å². The molecular weight excluding hydrogens is 537 g/mol. The van der Waals surface area contributed by atoms with Crippen LogP contribution in [0.25, 0.3) is 0 Å². The van der Waals surface area contributed by atoms with Crippen molar-refractivity contribution in [3.05, 3.63) is 69.5 Å². The molecule has 3 N–H and O–H groups in total. The molecule has 0 radical (unpaired) electrons.